The maximum atomic E-state index is 5.96. The van der Waals surface area contributed by atoms with Crippen molar-refractivity contribution in [2.45, 2.75) is 18.7 Å². The molecule has 9 heteroatoms. The van der Waals surface area contributed by atoms with E-state index in [1.807, 2.05) is 19.1 Å². The number of aromatic nitrogens is 3. The molecule has 0 radical (unpaired) electrons. The molecule has 0 aliphatic rings. The minimum absolute atomic E-state index is 0.273. The molecule has 130 valence electrons. The molecule has 1 aromatic carbocycles. The Kier molecular flexibility index (Phi) is 6.01. The molecule has 3 rings (SSSR count). The topological polar surface area (TPSA) is 65.4 Å². The molecule has 0 bridgehead atoms. The number of hydrogen-bond acceptors (Lipinski definition) is 6. The summed E-state index contributed by atoms with van der Waals surface area (Å²) in [7, 11) is 0. The van der Waals surface area contributed by atoms with Crippen molar-refractivity contribution in [1.82, 2.24) is 14.9 Å². The molecular weight excluding hydrogens is 383 g/mol. The number of rotatable bonds is 7. The fraction of sp³-hybridized carbons (Fsp3) is 0.188. The van der Waals surface area contributed by atoms with Crippen molar-refractivity contribution in [3.63, 3.8) is 0 Å². The number of ether oxygens (including phenoxy) is 1. The van der Waals surface area contributed by atoms with Crippen LogP contribution in [0.4, 0.5) is 0 Å². The molecule has 0 saturated heterocycles. The van der Waals surface area contributed by atoms with Gasteiger partial charge in [0.25, 0.3) is 0 Å². The van der Waals surface area contributed by atoms with Gasteiger partial charge in [-0.05, 0) is 30.0 Å². The van der Waals surface area contributed by atoms with Crippen molar-refractivity contribution >= 4 is 41.2 Å². The molecular formula is C16H14Cl2N4O2S. The Morgan fingerprint density at radius 3 is 2.96 bits per heavy atom. The molecule has 25 heavy (non-hydrogen) atoms. The molecule has 0 N–H and O–H groups in total. The van der Waals surface area contributed by atoms with E-state index >= 15 is 0 Å². The maximum absolute atomic E-state index is 5.96. The lowest BCUT2D eigenvalue weighted by atomic mass is 10.3. The first kappa shape index (κ1) is 17.8. The maximum Gasteiger partial charge on any atom is 0.211 e. The van der Waals surface area contributed by atoms with E-state index in [9.17, 15) is 0 Å². The van der Waals surface area contributed by atoms with Gasteiger partial charge < -0.3 is 9.15 Å². The van der Waals surface area contributed by atoms with E-state index in [1.165, 1.54) is 0 Å². The van der Waals surface area contributed by atoms with Gasteiger partial charge in [-0.25, -0.2) is 0 Å². The summed E-state index contributed by atoms with van der Waals surface area (Å²) < 4.78 is 12.9. The monoisotopic (exact) mass is 396 g/mol. The summed E-state index contributed by atoms with van der Waals surface area (Å²) in [4.78, 5) is 0. The van der Waals surface area contributed by atoms with Gasteiger partial charge in [0.1, 0.15) is 30.2 Å². The van der Waals surface area contributed by atoms with Crippen molar-refractivity contribution < 1.29 is 9.15 Å². The lowest BCUT2D eigenvalue weighted by Crippen LogP contribution is -1.94. The van der Waals surface area contributed by atoms with E-state index in [4.69, 9.17) is 32.4 Å². The number of thioether (sulfide) groups is 1. The van der Waals surface area contributed by atoms with Crippen LogP contribution in [0.3, 0.4) is 0 Å². The summed E-state index contributed by atoms with van der Waals surface area (Å²) >= 11 is 13.4. The van der Waals surface area contributed by atoms with Gasteiger partial charge in [-0.2, -0.15) is 9.78 Å². The molecule has 3 aromatic rings. The Morgan fingerprint density at radius 2 is 2.16 bits per heavy atom. The highest BCUT2D eigenvalue weighted by Crippen LogP contribution is 2.26. The van der Waals surface area contributed by atoms with Gasteiger partial charge in [-0.3, -0.25) is 0 Å². The van der Waals surface area contributed by atoms with Crippen LogP contribution in [0.25, 0.3) is 0 Å². The van der Waals surface area contributed by atoms with Crippen LogP contribution in [0.15, 0.2) is 51.3 Å². The Balaban J connectivity index is 1.61. The molecule has 0 aliphatic heterocycles. The second kappa shape index (κ2) is 8.42. The standard InChI is InChI=1S/C16H14Cl2N4O2S/c1-2-25-16-21-19-10-22(16)20-8-12-3-4-13(24-12)9-23-11-5-6-14(17)15(18)7-11/h3-8,10H,2,9H2,1H3/b20-8+. The number of hydrogen-bond donors (Lipinski definition) is 0. The minimum atomic E-state index is 0.273. The summed E-state index contributed by atoms with van der Waals surface area (Å²) in [5.41, 5.74) is 0. The van der Waals surface area contributed by atoms with Crippen LogP contribution in [0.1, 0.15) is 18.4 Å². The summed E-state index contributed by atoms with van der Waals surface area (Å²) in [5, 5.41) is 13.8. The fourth-order valence-electron chi connectivity index (χ4n) is 1.90. The molecule has 0 unspecified atom stereocenters. The van der Waals surface area contributed by atoms with Crippen LogP contribution in [0.5, 0.6) is 5.75 Å². The summed E-state index contributed by atoms with van der Waals surface area (Å²) in [6.45, 7) is 2.31. The second-order valence-corrected chi connectivity index (χ2v) is 6.85. The molecule has 0 saturated carbocycles. The first-order valence-electron chi connectivity index (χ1n) is 7.39. The Bertz CT molecular complexity index is 879. The molecule has 2 heterocycles. The molecule has 0 atom stereocenters. The molecule has 0 amide bonds. The fourth-order valence-corrected chi connectivity index (χ4v) is 2.78. The lowest BCUT2D eigenvalue weighted by molar-refractivity contribution is 0.270. The van der Waals surface area contributed by atoms with Crippen molar-refractivity contribution in [2.24, 2.45) is 5.10 Å². The highest BCUT2D eigenvalue weighted by molar-refractivity contribution is 7.99. The number of nitrogens with zero attached hydrogens (tertiary/aromatic N) is 4. The van der Waals surface area contributed by atoms with Crippen LogP contribution in [0.2, 0.25) is 10.0 Å². The van der Waals surface area contributed by atoms with E-state index in [0.29, 0.717) is 27.3 Å². The third-order valence-corrected chi connectivity index (χ3v) is 4.59. The van der Waals surface area contributed by atoms with E-state index in [2.05, 4.69) is 15.3 Å². The van der Waals surface area contributed by atoms with E-state index < -0.39 is 0 Å². The number of benzene rings is 1. The molecule has 0 fully saturated rings. The van der Waals surface area contributed by atoms with E-state index in [0.717, 1.165) is 10.9 Å². The zero-order valence-corrected chi connectivity index (χ0v) is 15.6. The summed E-state index contributed by atoms with van der Waals surface area (Å²) in [5.74, 6) is 2.78. The minimum Gasteiger partial charge on any atom is -0.486 e. The quantitative estimate of drug-likeness (QED) is 0.425. The molecule has 2 aromatic heterocycles. The van der Waals surface area contributed by atoms with Gasteiger partial charge in [0.05, 0.1) is 16.3 Å². The van der Waals surface area contributed by atoms with Gasteiger partial charge >= 0.3 is 0 Å². The highest BCUT2D eigenvalue weighted by Gasteiger charge is 2.05. The lowest BCUT2D eigenvalue weighted by Gasteiger charge is -2.05. The average molecular weight is 397 g/mol. The number of halogens is 2. The average Bonchev–Trinajstić information content (AvgIpc) is 3.24. The highest BCUT2D eigenvalue weighted by atomic mass is 35.5. The van der Waals surface area contributed by atoms with E-state index in [1.54, 1.807) is 47.2 Å². The summed E-state index contributed by atoms with van der Waals surface area (Å²) in [6.07, 6.45) is 3.15. The third-order valence-electron chi connectivity index (χ3n) is 3.04. The van der Waals surface area contributed by atoms with Crippen molar-refractivity contribution in [3.8, 4) is 5.75 Å². The predicted molar refractivity (Wildman–Crippen MR) is 98.9 cm³/mol. The molecule has 0 aliphatic carbocycles. The van der Waals surface area contributed by atoms with Crippen LogP contribution < -0.4 is 4.74 Å². The van der Waals surface area contributed by atoms with Crippen molar-refractivity contribution in [3.05, 3.63) is 58.2 Å². The molecule has 0 spiro atoms. The normalized spacial score (nSPS) is 11.3. The zero-order valence-electron chi connectivity index (χ0n) is 13.2. The Hall–Kier alpha value is -1.96. The molecule has 6 nitrogen and oxygen atoms in total. The van der Waals surface area contributed by atoms with Gasteiger partial charge in [0.15, 0.2) is 0 Å². The third kappa shape index (κ3) is 4.78. The van der Waals surface area contributed by atoms with Gasteiger partial charge in [0, 0.05) is 6.07 Å². The predicted octanol–water partition coefficient (Wildman–Crippen LogP) is 4.75. The van der Waals surface area contributed by atoms with Crippen molar-refractivity contribution in [1.29, 1.82) is 0 Å². The van der Waals surface area contributed by atoms with Gasteiger partial charge in [-0.15, -0.1) is 10.2 Å². The van der Waals surface area contributed by atoms with Crippen molar-refractivity contribution in [2.75, 3.05) is 5.75 Å². The largest absolute Gasteiger partial charge is 0.486 e. The Morgan fingerprint density at radius 1 is 1.28 bits per heavy atom. The Labute approximate surface area is 158 Å². The van der Waals surface area contributed by atoms with Crippen LogP contribution in [-0.2, 0) is 6.61 Å². The zero-order chi connectivity index (χ0) is 17.6. The van der Waals surface area contributed by atoms with Crippen LogP contribution >= 0.6 is 35.0 Å². The van der Waals surface area contributed by atoms with E-state index in [-0.39, 0.29) is 6.61 Å². The first-order chi connectivity index (χ1) is 12.2. The smallest absolute Gasteiger partial charge is 0.211 e. The number of furan rings is 1. The first-order valence-corrected chi connectivity index (χ1v) is 9.13. The van der Waals surface area contributed by atoms with Gasteiger partial charge in [0.2, 0.25) is 5.16 Å². The van der Waals surface area contributed by atoms with Gasteiger partial charge in [-0.1, -0.05) is 41.9 Å². The SMILES string of the molecule is CCSc1nncn1/N=C/c1ccc(COc2ccc(Cl)c(Cl)c2)o1. The van der Waals surface area contributed by atoms with Crippen LogP contribution in [0, 0.1) is 0 Å². The van der Waals surface area contributed by atoms with Crippen LogP contribution in [-0.4, -0.2) is 26.8 Å². The second-order valence-electron chi connectivity index (χ2n) is 4.80. The summed E-state index contributed by atoms with van der Waals surface area (Å²) in [6, 6.07) is 8.73.